The smallest absolute Gasteiger partial charge is 0.271 e. The van der Waals surface area contributed by atoms with Gasteiger partial charge < -0.3 is 9.30 Å². The van der Waals surface area contributed by atoms with Gasteiger partial charge in [0.05, 0.1) is 6.21 Å². The Bertz CT molecular complexity index is 998. The van der Waals surface area contributed by atoms with Gasteiger partial charge in [0, 0.05) is 23.9 Å². The number of hydrazone groups is 1. The first-order valence-corrected chi connectivity index (χ1v) is 9.88. The summed E-state index contributed by atoms with van der Waals surface area (Å²) >= 11 is 1.59. The maximum absolute atomic E-state index is 12.3. The van der Waals surface area contributed by atoms with Crippen molar-refractivity contribution >= 4 is 23.9 Å². The number of nitrogens with zero attached hydrogens (tertiary/aromatic N) is 4. The molecule has 0 bridgehead atoms. The summed E-state index contributed by atoms with van der Waals surface area (Å²) in [6.45, 7) is 4.04. The molecule has 0 aliphatic rings. The molecule has 7 nitrogen and oxygen atoms in total. The SMILES string of the molecule is C=CCOc1ccccc1/C=N\NC(=O)c1ccc(CSc2nncn2C)cc1. The summed E-state index contributed by atoms with van der Waals surface area (Å²) in [5.41, 5.74) is 4.93. The van der Waals surface area contributed by atoms with Crippen LogP contribution in [0.5, 0.6) is 5.75 Å². The van der Waals surface area contributed by atoms with Crippen molar-refractivity contribution < 1.29 is 9.53 Å². The van der Waals surface area contributed by atoms with Crippen LogP contribution in [-0.2, 0) is 12.8 Å². The number of hydrogen-bond donors (Lipinski definition) is 1. The number of nitrogens with one attached hydrogen (secondary N) is 1. The van der Waals surface area contributed by atoms with Crippen LogP contribution >= 0.6 is 11.8 Å². The molecule has 3 rings (SSSR count). The highest BCUT2D eigenvalue weighted by atomic mass is 32.2. The van der Waals surface area contributed by atoms with Crippen molar-refractivity contribution in [3.05, 3.63) is 84.2 Å². The second-order valence-corrected chi connectivity index (χ2v) is 6.99. The van der Waals surface area contributed by atoms with Crippen molar-refractivity contribution in [1.82, 2.24) is 20.2 Å². The van der Waals surface area contributed by atoms with E-state index in [1.165, 1.54) is 0 Å². The zero-order valence-electron chi connectivity index (χ0n) is 16.0. The van der Waals surface area contributed by atoms with Crippen LogP contribution in [-0.4, -0.2) is 33.5 Å². The summed E-state index contributed by atoms with van der Waals surface area (Å²) in [6.07, 6.45) is 4.90. The van der Waals surface area contributed by atoms with Gasteiger partial charge in [-0.1, -0.05) is 48.7 Å². The number of aryl methyl sites for hydroxylation is 1. The van der Waals surface area contributed by atoms with E-state index in [1.54, 1.807) is 42.5 Å². The maximum Gasteiger partial charge on any atom is 0.271 e. The lowest BCUT2D eigenvalue weighted by Gasteiger charge is -2.06. The lowest BCUT2D eigenvalue weighted by Crippen LogP contribution is -2.17. The molecule has 0 spiro atoms. The number of para-hydroxylation sites is 1. The zero-order valence-corrected chi connectivity index (χ0v) is 16.8. The van der Waals surface area contributed by atoms with E-state index in [1.807, 2.05) is 48.0 Å². The Morgan fingerprint density at radius 2 is 2.07 bits per heavy atom. The average Bonchev–Trinajstić information content (AvgIpc) is 3.16. The highest BCUT2D eigenvalue weighted by molar-refractivity contribution is 7.98. The van der Waals surface area contributed by atoms with Crippen molar-refractivity contribution in [3.8, 4) is 5.75 Å². The number of benzene rings is 2. The highest BCUT2D eigenvalue weighted by Crippen LogP contribution is 2.20. The third kappa shape index (κ3) is 5.79. The normalized spacial score (nSPS) is 10.8. The molecule has 0 unspecified atom stereocenters. The molecule has 29 heavy (non-hydrogen) atoms. The first-order chi connectivity index (χ1) is 14.2. The van der Waals surface area contributed by atoms with Gasteiger partial charge in [-0.25, -0.2) is 5.43 Å². The molecule has 1 heterocycles. The molecular formula is C21H21N5O2S. The van der Waals surface area contributed by atoms with Crippen LogP contribution in [0.25, 0.3) is 0 Å². The van der Waals surface area contributed by atoms with Crippen molar-refractivity contribution in [2.75, 3.05) is 6.61 Å². The monoisotopic (exact) mass is 407 g/mol. The minimum atomic E-state index is -0.279. The van der Waals surface area contributed by atoms with E-state index in [4.69, 9.17) is 4.74 Å². The van der Waals surface area contributed by atoms with E-state index in [2.05, 4.69) is 27.3 Å². The van der Waals surface area contributed by atoms with Gasteiger partial charge in [0.2, 0.25) is 0 Å². The van der Waals surface area contributed by atoms with Crippen LogP contribution in [0.2, 0.25) is 0 Å². The second kappa shape index (κ2) is 10.2. The molecule has 0 saturated heterocycles. The van der Waals surface area contributed by atoms with E-state index in [0.29, 0.717) is 17.9 Å². The number of hydrogen-bond acceptors (Lipinski definition) is 6. The van der Waals surface area contributed by atoms with Gasteiger partial charge in [0.25, 0.3) is 5.91 Å². The molecule has 1 N–H and O–H groups in total. The first-order valence-electron chi connectivity index (χ1n) is 8.89. The lowest BCUT2D eigenvalue weighted by atomic mass is 10.1. The zero-order chi connectivity index (χ0) is 20.5. The van der Waals surface area contributed by atoms with Gasteiger partial charge in [0.15, 0.2) is 5.16 Å². The third-order valence-corrected chi connectivity index (χ3v) is 5.00. The Labute approximate surface area is 173 Å². The van der Waals surface area contributed by atoms with Crippen molar-refractivity contribution in [2.45, 2.75) is 10.9 Å². The molecule has 0 saturated carbocycles. The Hall–Kier alpha value is -3.39. The van der Waals surface area contributed by atoms with Gasteiger partial charge in [-0.2, -0.15) is 5.10 Å². The molecule has 148 valence electrons. The molecule has 1 amide bonds. The molecular weight excluding hydrogens is 386 g/mol. The molecule has 1 aromatic heterocycles. The number of aromatic nitrogens is 3. The molecule has 0 aliphatic carbocycles. The van der Waals surface area contributed by atoms with Gasteiger partial charge >= 0.3 is 0 Å². The fourth-order valence-corrected chi connectivity index (χ4v) is 3.24. The average molecular weight is 407 g/mol. The van der Waals surface area contributed by atoms with Gasteiger partial charge in [0.1, 0.15) is 18.7 Å². The quantitative estimate of drug-likeness (QED) is 0.254. The molecule has 2 aromatic carbocycles. The van der Waals surface area contributed by atoms with Crippen molar-refractivity contribution in [2.24, 2.45) is 12.1 Å². The van der Waals surface area contributed by atoms with Crippen molar-refractivity contribution in [3.63, 3.8) is 0 Å². The van der Waals surface area contributed by atoms with Crippen molar-refractivity contribution in [1.29, 1.82) is 0 Å². The van der Waals surface area contributed by atoms with Gasteiger partial charge in [-0.3, -0.25) is 4.79 Å². The fraction of sp³-hybridized carbons (Fsp3) is 0.143. The summed E-state index contributed by atoms with van der Waals surface area (Å²) in [5.74, 6) is 1.14. The molecule has 8 heteroatoms. The van der Waals surface area contributed by atoms with Crippen LogP contribution in [0.15, 0.2) is 77.8 Å². The van der Waals surface area contributed by atoms with Gasteiger partial charge in [-0.15, -0.1) is 10.2 Å². The molecule has 0 atom stereocenters. The van der Waals surface area contributed by atoms with Crippen LogP contribution < -0.4 is 10.2 Å². The van der Waals surface area contributed by atoms with Crippen LogP contribution in [0.4, 0.5) is 0 Å². The summed E-state index contributed by atoms with van der Waals surface area (Å²) in [6, 6.07) is 14.8. The summed E-state index contributed by atoms with van der Waals surface area (Å²) < 4.78 is 7.43. The Morgan fingerprint density at radius 3 is 2.79 bits per heavy atom. The predicted octanol–water partition coefficient (Wildman–Crippen LogP) is 3.44. The predicted molar refractivity (Wildman–Crippen MR) is 114 cm³/mol. The van der Waals surface area contributed by atoms with Crippen LogP contribution in [0.1, 0.15) is 21.5 Å². The maximum atomic E-state index is 12.3. The topological polar surface area (TPSA) is 81.4 Å². The summed E-state index contributed by atoms with van der Waals surface area (Å²) in [7, 11) is 1.90. The lowest BCUT2D eigenvalue weighted by molar-refractivity contribution is 0.0955. The summed E-state index contributed by atoms with van der Waals surface area (Å²) in [5, 5.41) is 12.8. The van der Waals surface area contributed by atoms with E-state index in [0.717, 1.165) is 22.0 Å². The van der Waals surface area contributed by atoms with E-state index >= 15 is 0 Å². The molecule has 0 fully saturated rings. The molecule has 0 radical (unpaired) electrons. The Balaban J connectivity index is 1.55. The first kappa shape index (κ1) is 20.3. The number of rotatable bonds is 9. The number of ether oxygens (including phenoxy) is 1. The molecule has 3 aromatic rings. The van der Waals surface area contributed by atoms with Crippen LogP contribution in [0.3, 0.4) is 0 Å². The number of carbonyl (C=O) groups excluding carboxylic acids is 1. The standard InChI is InChI=1S/C21H21N5O2S/c1-3-12-28-19-7-5-4-6-18(19)13-22-24-20(27)17-10-8-16(9-11-17)14-29-21-25-23-15-26(21)2/h3-11,13,15H,1,12,14H2,2H3,(H,24,27)/b22-13-. The largest absolute Gasteiger partial charge is 0.489 e. The van der Waals surface area contributed by atoms with Gasteiger partial charge in [-0.05, 0) is 29.8 Å². The number of amides is 1. The Morgan fingerprint density at radius 1 is 1.28 bits per heavy atom. The minimum absolute atomic E-state index is 0.279. The number of carbonyl (C=O) groups is 1. The van der Waals surface area contributed by atoms with Crippen LogP contribution in [0, 0.1) is 0 Å². The minimum Gasteiger partial charge on any atom is -0.489 e. The highest BCUT2D eigenvalue weighted by Gasteiger charge is 2.06. The van der Waals surface area contributed by atoms with E-state index in [9.17, 15) is 4.79 Å². The second-order valence-electron chi connectivity index (χ2n) is 6.05. The van der Waals surface area contributed by atoms with E-state index in [-0.39, 0.29) is 5.91 Å². The van der Waals surface area contributed by atoms with E-state index < -0.39 is 0 Å². The fourth-order valence-electron chi connectivity index (χ4n) is 2.40. The summed E-state index contributed by atoms with van der Waals surface area (Å²) in [4.78, 5) is 12.3. The molecule has 0 aliphatic heterocycles. The third-order valence-electron chi connectivity index (χ3n) is 3.90. The Kier molecular flexibility index (Phi) is 7.18. The number of thioether (sulfide) groups is 1.